The number of nitrogens with one attached hydrogen (secondary N) is 1. The SMILES string of the molecule is CC1(C)C(NC(=O)C2CC=CCC2C(=O)O)C1(C)C. The molecule has 2 unspecified atom stereocenters. The van der Waals surface area contributed by atoms with E-state index in [9.17, 15) is 14.7 Å². The maximum Gasteiger partial charge on any atom is 0.307 e. The second-order valence-corrected chi connectivity index (χ2v) is 6.88. The van der Waals surface area contributed by atoms with Gasteiger partial charge in [-0.3, -0.25) is 9.59 Å². The molecular weight excluding hydrogens is 242 g/mol. The van der Waals surface area contributed by atoms with Gasteiger partial charge in [-0.05, 0) is 23.7 Å². The monoisotopic (exact) mass is 265 g/mol. The summed E-state index contributed by atoms with van der Waals surface area (Å²) in [7, 11) is 0. The topological polar surface area (TPSA) is 66.4 Å². The molecule has 2 aliphatic carbocycles. The summed E-state index contributed by atoms with van der Waals surface area (Å²) in [6.07, 6.45) is 4.74. The van der Waals surface area contributed by atoms with E-state index in [0.717, 1.165) is 0 Å². The first-order chi connectivity index (χ1) is 8.69. The van der Waals surface area contributed by atoms with Crippen LogP contribution in [-0.2, 0) is 9.59 Å². The normalized spacial score (nSPS) is 31.8. The second kappa shape index (κ2) is 4.36. The molecule has 0 aliphatic heterocycles. The van der Waals surface area contributed by atoms with Crippen LogP contribution in [0.1, 0.15) is 40.5 Å². The van der Waals surface area contributed by atoms with Crippen molar-refractivity contribution in [2.45, 2.75) is 46.6 Å². The minimum atomic E-state index is -0.876. The molecule has 0 heterocycles. The van der Waals surface area contributed by atoms with Crippen LogP contribution in [0.5, 0.6) is 0 Å². The fraction of sp³-hybridized carbons (Fsp3) is 0.733. The van der Waals surface area contributed by atoms with Gasteiger partial charge in [0.1, 0.15) is 0 Å². The Hall–Kier alpha value is -1.32. The van der Waals surface area contributed by atoms with E-state index in [0.29, 0.717) is 12.8 Å². The van der Waals surface area contributed by atoms with E-state index in [4.69, 9.17) is 0 Å². The summed E-state index contributed by atoms with van der Waals surface area (Å²) in [4.78, 5) is 23.5. The number of allylic oxidation sites excluding steroid dienone is 2. The van der Waals surface area contributed by atoms with Gasteiger partial charge < -0.3 is 10.4 Å². The first kappa shape index (κ1) is 14.1. The molecule has 1 amide bonds. The molecule has 0 radical (unpaired) electrons. The van der Waals surface area contributed by atoms with E-state index >= 15 is 0 Å². The third-order valence-corrected chi connectivity index (χ3v) is 5.39. The van der Waals surface area contributed by atoms with Gasteiger partial charge in [-0.2, -0.15) is 0 Å². The molecule has 0 spiro atoms. The van der Waals surface area contributed by atoms with E-state index in [2.05, 4.69) is 33.0 Å². The highest BCUT2D eigenvalue weighted by Gasteiger charge is 2.65. The molecule has 1 saturated carbocycles. The lowest BCUT2D eigenvalue weighted by molar-refractivity contribution is -0.147. The van der Waals surface area contributed by atoms with E-state index < -0.39 is 17.8 Å². The van der Waals surface area contributed by atoms with Gasteiger partial charge in [0.05, 0.1) is 11.8 Å². The number of carboxylic acids is 1. The Morgan fingerprint density at radius 3 is 1.95 bits per heavy atom. The Morgan fingerprint density at radius 2 is 1.53 bits per heavy atom. The lowest BCUT2D eigenvalue weighted by Crippen LogP contribution is -2.41. The van der Waals surface area contributed by atoms with Crippen LogP contribution < -0.4 is 5.32 Å². The zero-order valence-electron chi connectivity index (χ0n) is 12.1. The van der Waals surface area contributed by atoms with Crippen molar-refractivity contribution in [3.05, 3.63) is 12.2 Å². The molecule has 19 heavy (non-hydrogen) atoms. The lowest BCUT2D eigenvalue weighted by Gasteiger charge is -2.24. The Kier molecular flexibility index (Phi) is 3.23. The predicted octanol–water partition coefficient (Wildman–Crippen LogP) is 2.20. The highest BCUT2D eigenvalue weighted by Crippen LogP contribution is 2.62. The van der Waals surface area contributed by atoms with Crippen LogP contribution in [0.3, 0.4) is 0 Å². The average molecular weight is 265 g/mol. The number of carboxylic acid groups (broad SMARTS) is 1. The van der Waals surface area contributed by atoms with Crippen molar-refractivity contribution < 1.29 is 14.7 Å². The molecule has 106 valence electrons. The van der Waals surface area contributed by atoms with Gasteiger partial charge in [0.15, 0.2) is 0 Å². The molecule has 2 aliphatic rings. The van der Waals surface area contributed by atoms with Crippen molar-refractivity contribution in [1.82, 2.24) is 5.32 Å². The van der Waals surface area contributed by atoms with Gasteiger partial charge >= 0.3 is 5.97 Å². The lowest BCUT2D eigenvalue weighted by atomic mass is 9.82. The molecular formula is C15H23NO3. The molecule has 4 nitrogen and oxygen atoms in total. The number of rotatable bonds is 3. The first-order valence-corrected chi connectivity index (χ1v) is 6.87. The van der Waals surface area contributed by atoms with Crippen LogP contribution >= 0.6 is 0 Å². The number of carbonyl (C=O) groups is 2. The summed E-state index contributed by atoms with van der Waals surface area (Å²) >= 11 is 0. The number of aliphatic carboxylic acids is 1. The van der Waals surface area contributed by atoms with Gasteiger partial charge in [-0.25, -0.2) is 0 Å². The van der Waals surface area contributed by atoms with Gasteiger partial charge in [-0.1, -0.05) is 39.8 Å². The van der Waals surface area contributed by atoms with Gasteiger partial charge in [0.2, 0.25) is 5.91 Å². The first-order valence-electron chi connectivity index (χ1n) is 6.87. The Morgan fingerprint density at radius 1 is 1.05 bits per heavy atom. The van der Waals surface area contributed by atoms with Gasteiger partial charge in [-0.15, -0.1) is 0 Å². The zero-order chi connectivity index (χ0) is 14.4. The third kappa shape index (κ3) is 2.17. The van der Waals surface area contributed by atoms with Crippen LogP contribution in [0.4, 0.5) is 0 Å². The van der Waals surface area contributed by atoms with Crippen LogP contribution in [0.25, 0.3) is 0 Å². The van der Waals surface area contributed by atoms with Gasteiger partial charge in [0.25, 0.3) is 0 Å². The molecule has 0 saturated heterocycles. The largest absolute Gasteiger partial charge is 0.481 e. The highest BCUT2D eigenvalue weighted by molar-refractivity contribution is 5.86. The molecule has 0 aromatic heterocycles. The van der Waals surface area contributed by atoms with Crippen molar-refractivity contribution in [2.75, 3.05) is 0 Å². The van der Waals surface area contributed by atoms with E-state index in [1.54, 1.807) is 0 Å². The summed E-state index contributed by atoms with van der Waals surface area (Å²) in [5, 5.41) is 12.3. The molecule has 1 fully saturated rings. The molecule has 0 aromatic carbocycles. The minimum Gasteiger partial charge on any atom is -0.481 e. The Balaban J connectivity index is 2.05. The van der Waals surface area contributed by atoms with Crippen molar-refractivity contribution in [3.63, 3.8) is 0 Å². The average Bonchev–Trinajstić information content (AvgIpc) is 2.71. The molecule has 4 heteroatoms. The quantitative estimate of drug-likeness (QED) is 0.769. The summed E-state index contributed by atoms with van der Waals surface area (Å²) in [6, 6.07) is 0.132. The molecule has 2 N–H and O–H groups in total. The number of amides is 1. The van der Waals surface area contributed by atoms with E-state index in [1.807, 2.05) is 12.2 Å². The Labute approximate surface area is 114 Å². The highest BCUT2D eigenvalue weighted by atomic mass is 16.4. The smallest absolute Gasteiger partial charge is 0.307 e. The molecule has 0 aromatic rings. The van der Waals surface area contributed by atoms with E-state index in [1.165, 1.54) is 0 Å². The standard InChI is InChI=1S/C15H23NO3/c1-14(2)13(15(14,3)4)16-11(17)9-7-5-6-8-10(9)12(18)19/h5-6,9-10,13H,7-8H2,1-4H3,(H,16,17)(H,18,19). The summed E-state index contributed by atoms with van der Waals surface area (Å²) in [5.41, 5.74) is 0.151. The van der Waals surface area contributed by atoms with Crippen molar-refractivity contribution >= 4 is 11.9 Å². The fourth-order valence-corrected chi connectivity index (χ4v) is 3.18. The predicted molar refractivity (Wildman–Crippen MR) is 72.5 cm³/mol. The maximum absolute atomic E-state index is 12.3. The summed E-state index contributed by atoms with van der Waals surface area (Å²) in [5.74, 6) is -2.01. The minimum absolute atomic E-state index is 0.0753. The zero-order valence-corrected chi connectivity index (χ0v) is 12.1. The number of carbonyl (C=O) groups excluding carboxylic acids is 1. The van der Waals surface area contributed by atoms with Crippen molar-refractivity contribution in [1.29, 1.82) is 0 Å². The number of hydrogen-bond donors (Lipinski definition) is 2. The Bertz CT molecular complexity index is 423. The van der Waals surface area contributed by atoms with Crippen LogP contribution in [0, 0.1) is 22.7 Å². The van der Waals surface area contributed by atoms with Crippen LogP contribution in [0.15, 0.2) is 12.2 Å². The number of hydrogen-bond acceptors (Lipinski definition) is 2. The summed E-state index contributed by atoms with van der Waals surface area (Å²) < 4.78 is 0. The van der Waals surface area contributed by atoms with E-state index in [-0.39, 0.29) is 22.8 Å². The molecule has 2 rings (SSSR count). The van der Waals surface area contributed by atoms with Crippen molar-refractivity contribution in [3.8, 4) is 0 Å². The second-order valence-electron chi connectivity index (χ2n) is 6.88. The maximum atomic E-state index is 12.3. The fourth-order valence-electron chi connectivity index (χ4n) is 3.18. The van der Waals surface area contributed by atoms with Crippen molar-refractivity contribution in [2.24, 2.45) is 22.7 Å². The molecule has 0 bridgehead atoms. The molecule has 2 atom stereocenters. The summed E-state index contributed by atoms with van der Waals surface area (Å²) in [6.45, 7) is 8.53. The van der Waals surface area contributed by atoms with Crippen LogP contribution in [0.2, 0.25) is 0 Å². The third-order valence-electron chi connectivity index (χ3n) is 5.39. The van der Waals surface area contributed by atoms with Gasteiger partial charge in [0, 0.05) is 6.04 Å². The van der Waals surface area contributed by atoms with Crippen LogP contribution in [-0.4, -0.2) is 23.0 Å².